The third-order valence-electron chi connectivity index (χ3n) is 3.53. The molecule has 0 fully saturated rings. The van der Waals surface area contributed by atoms with Gasteiger partial charge in [-0.25, -0.2) is 0 Å². The summed E-state index contributed by atoms with van der Waals surface area (Å²) in [5.74, 6) is 0.621. The first-order valence-electron chi connectivity index (χ1n) is 7.37. The van der Waals surface area contributed by atoms with Crippen LogP contribution < -0.4 is 4.74 Å². The highest BCUT2D eigenvalue weighted by atomic mass is 35.5. The molecule has 6 heteroatoms. The number of nitrogens with zero attached hydrogens (tertiary/aromatic N) is 1. The summed E-state index contributed by atoms with van der Waals surface area (Å²) in [6.07, 6.45) is 3.92. The van der Waals surface area contributed by atoms with E-state index in [1.807, 2.05) is 6.07 Å². The van der Waals surface area contributed by atoms with E-state index in [0.29, 0.717) is 15.8 Å². The fourth-order valence-electron chi connectivity index (χ4n) is 1.95. The Morgan fingerprint density at radius 3 is 2.67 bits per heavy atom. The Bertz CT molecular complexity index is 717. The Morgan fingerprint density at radius 1 is 1.33 bits per heavy atom. The Kier molecular flexibility index (Phi) is 6.24. The van der Waals surface area contributed by atoms with Gasteiger partial charge in [-0.2, -0.15) is 0 Å². The van der Waals surface area contributed by atoms with Gasteiger partial charge in [-0.1, -0.05) is 43.1 Å². The Labute approximate surface area is 151 Å². The van der Waals surface area contributed by atoms with Gasteiger partial charge in [0, 0.05) is 22.8 Å². The number of rotatable bonds is 6. The van der Waals surface area contributed by atoms with Crippen LogP contribution in [0.4, 0.5) is 0 Å². The van der Waals surface area contributed by atoms with Gasteiger partial charge in [0.05, 0.1) is 11.6 Å². The Balaban J connectivity index is 2.41. The topological polar surface area (TPSA) is 62.6 Å². The molecule has 0 saturated carbocycles. The molecule has 0 aliphatic rings. The van der Waals surface area contributed by atoms with Gasteiger partial charge in [-0.15, -0.1) is 0 Å². The van der Waals surface area contributed by atoms with E-state index in [1.54, 1.807) is 56.6 Å². The molecule has 1 aromatic carbocycles. The van der Waals surface area contributed by atoms with Crippen molar-refractivity contribution in [2.45, 2.75) is 20.0 Å². The first-order chi connectivity index (χ1) is 11.3. The van der Waals surface area contributed by atoms with E-state index in [4.69, 9.17) is 27.9 Å². The van der Waals surface area contributed by atoms with Crippen LogP contribution >= 0.6 is 23.2 Å². The van der Waals surface area contributed by atoms with E-state index in [9.17, 15) is 10.2 Å². The first-order valence-corrected chi connectivity index (χ1v) is 8.12. The van der Waals surface area contributed by atoms with Crippen molar-refractivity contribution in [3.63, 3.8) is 0 Å². The van der Waals surface area contributed by atoms with E-state index in [2.05, 4.69) is 4.98 Å². The van der Waals surface area contributed by atoms with E-state index in [-0.39, 0.29) is 12.4 Å². The first kappa shape index (κ1) is 18.7. The minimum Gasteiger partial charge on any atom is -0.457 e. The van der Waals surface area contributed by atoms with Crippen LogP contribution in [0.1, 0.15) is 19.4 Å². The molecule has 1 aromatic heterocycles. The van der Waals surface area contributed by atoms with Gasteiger partial charge in [-0.3, -0.25) is 4.98 Å². The van der Waals surface area contributed by atoms with Crippen molar-refractivity contribution in [3.05, 3.63) is 64.1 Å². The van der Waals surface area contributed by atoms with Crippen molar-refractivity contribution in [2.24, 2.45) is 5.41 Å². The Morgan fingerprint density at radius 2 is 2.08 bits per heavy atom. The predicted molar refractivity (Wildman–Crippen MR) is 96.2 cm³/mol. The second-order valence-corrected chi connectivity index (χ2v) is 6.90. The largest absolute Gasteiger partial charge is 0.457 e. The fraction of sp³-hybridized carbons (Fsp3) is 0.278. The van der Waals surface area contributed by atoms with Gasteiger partial charge < -0.3 is 14.9 Å². The number of pyridine rings is 1. The molecule has 1 atom stereocenters. The predicted octanol–water partition coefficient (Wildman–Crippen LogP) is 4.19. The second kappa shape index (κ2) is 7.99. The maximum Gasteiger partial charge on any atom is 0.145 e. The number of hydrogen-bond acceptors (Lipinski definition) is 4. The van der Waals surface area contributed by atoms with Crippen molar-refractivity contribution in [2.75, 3.05) is 6.61 Å². The highest BCUT2D eigenvalue weighted by molar-refractivity contribution is 6.35. The molecule has 0 amide bonds. The maximum atomic E-state index is 10.7. The Hall–Kier alpha value is -1.59. The molecular weight excluding hydrogens is 349 g/mol. The SMILES string of the molecule is CC(C)(CO)C(O)C(=Cc1cccnc1)Oc1ccc(Cl)cc1Cl. The van der Waals surface area contributed by atoms with Crippen LogP contribution in [0.15, 0.2) is 48.5 Å². The normalized spacial score (nSPS) is 13.7. The number of aliphatic hydroxyl groups excluding tert-OH is 2. The van der Waals surface area contributed by atoms with Crippen LogP contribution in [0.2, 0.25) is 10.0 Å². The van der Waals surface area contributed by atoms with Gasteiger partial charge >= 0.3 is 0 Å². The second-order valence-electron chi connectivity index (χ2n) is 6.06. The maximum absolute atomic E-state index is 10.7. The minimum absolute atomic E-state index is 0.212. The average molecular weight is 368 g/mol. The summed E-state index contributed by atoms with van der Waals surface area (Å²) in [5, 5.41) is 21.0. The van der Waals surface area contributed by atoms with Crippen LogP contribution in [0.25, 0.3) is 6.08 Å². The van der Waals surface area contributed by atoms with Crippen molar-refractivity contribution >= 4 is 29.3 Å². The van der Waals surface area contributed by atoms with E-state index in [1.165, 1.54) is 0 Å². The fourth-order valence-corrected chi connectivity index (χ4v) is 2.39. The molecule has 0 saturated heterocycles. The van der Waals surface area contributed by atoms with Crippen molar-refractivity contribution < 1.29 is 14.9 Å². The summed E-state index contributed by atoms with van der Waals surface area (Å²) in [4.78, 5) is 4.04. The molecular formula is C18H19Cl2NO3. The monoisotopic (exact) mass is 367 g/mol. The summed E-state index contributed by atoms with van der Waals surface area (Å²) in [7, 11) is 0. The zero-order valence-electron chi connectivity index (χ0n) is 13.4. The summed E-state index contributed by atoms with van der Waals surface area (Å²) in [5.41, 5.74) is -0.0437. The van der Waals surface area contributed by atoms with Crippen molar-refractivity contribution in [3.8, 4) is 5.75 Å². The molecule has 0 bridgehead atoms. The standard InChI is InChI=1S/C18H19Cl2NO3/c1-18(2,11-22)17(23)16(8-12-4-3-7-21-10-12)24-15-6-5-13(19)9-14(15)20/h3-10,17,22-23H,11H2,1-2H3. The van der Waals surface area contributed by atoms with Gasteiger partial charge in [-0.05, 0) is 35.9 Å². The molecule has 2 N–H and O–H groups in total. The summed E-state index contributed by atoms with van der Waals surface area (Å²) in [6, 6.07) is 8.44. The lowest BCUT2D eigenvalue weighted by Crippen LogP contribution is -2.36. The van der Waals surface area contributed by atoms with Crippen molar-refractivity contribution in [1.29, 1.82) is 0 Å². The molecule has 2 rings (SSSR count). The number of halogens is 2. The summed E-state index contributed by atoms with van der Waals surface area (Å²) < 4.78 is 5.84. The number of ether oxygens (including phenoxy) is 1. The smallest absolute Gasteiger partial charge is 0.145 e. The van der Waals surface area contributed by atoms with Crippen LogP contribution in [0.5, 0.6) is 5.75 Å². The molecule has 0 spiro atoms. The van der Waals surface area contributed by atoms with Crippen molar-refractivity contribution in [1.82, 2.24) is 4.98 Å². The van der Waals surface area contributed by atoms with Gasteiger partial charge in [0.15, 0.2) is 0 Å². The van der Waals surface area contributed by atoms with Crippen LogP contribution in [-0.2, 0) is 0 Å². The highest BCUT2D eigenvalue weighted by Crippen LogP contribution is 2.33. The molecule has 128 valence electrons. The van der Waals surface area contributed by atoms with E-state index >= 15 is 0 Å². The zero-order valence-corrected chi connectivity index (χ0v) is 14.9. The van der Waals surface area contributed by atoms with Crippen LogP contribution in [0, 0.1) is 5.41 Å². The number of benzene rings is 1. The number of aliphatic hydroxyl groups is 2. The summed E-state index contributed by atoms with van der Waals surface area (Å²) >= 11 is 12.0. The molecule has 1 unspecified atom stereocenters. The van der Waals surface area contributed by atoms with E-state index < -0.39 is 11.5 Å². The lowest BCUT2D eigenvalue weighted by molar-refractivity contribution is 0.0117. The lowest BCUT2D eigenvalue weighted by atomic mass is 9.86. The van der Waals surface area contributed by atoms with Crippen LogP contribution in [0.3, 0.4) is 0 Å². The minimum atomic E-state index is -1.05. The van der Waals surface area contributed by atoms with E-state index in [0.717, 1.165) is 5.56 Å². The highest BCUT2D eigenvalue weighted by Gasteiger charge is 2.32. The molecule has 2 aromatic rings. The third kappa shape index (κ3) is 4.71. The molecule has 0 aliphatic heterocycles. The van der Waals surface area contributed by atoms with Gasteiger partial charge in [0.2, 0.25) is 0 Å². The molecule has 0 aliphatic carbocycles. The third-order valence-corrected chi connectivity index (χ3v) is 4.06. The molecule has 24 heavy (non-hydrogen) atoms. The number of aromatic nitrogens is 1. The lowest BCUT2D eigenvalue weighted by Gasteiger charge is -2.30. The van der Waals surface area contributed by atoms with Gasteiger partial charge in [0.1, 0.15) is 17.6 Å². The van der Waals surface area contributed by atoms with Gasteiger partial charge in [0.25, 0.3) is 0 Å². The summed E-state index contributed by atoms with van der Waals surface area (Å²) in [6.45, 7) is 3.26. The zero-order chi connectivity index (χ0) is 17.7. The quantitative estimate of drug-likeness (QED) is 0.751. The molecule has 4 nitrogen and oxygen atoms in total. The molecule has 0 radical (unpaired) electrons. The molecule has 1 heterocycles. The van der Waals surface area contributed by atoms with Crippen LogP contribution in [-0.4, -0.2) is 27.9 Å². The number of hydrogen-bond donors (Lipinski definition) is 2. The average Bonchev–Trinajstić information content (AvgIpc) is 2.56.